The first-order valence-electron chi connectivity index (χ1n) is 5.38. The van der Waals surface area contributed by atoms with E-state index in [9.17, 15) is 4.79 Å². The van der Waals surface area contributed by atoms with Gasteiger partial charge >= 0.3 is 0 Å². The van der Waals surface area contributed by atoms with Crippen molar-refractivity contribution in [2.24, 2.45) is 4.99 Å². The van der Waals surface area contributed by atoms with E-state index in [-0.39, 0.29) is 5.91 Å². The average molecular weight is 223 g/mol. The fourth-order valence-corrected chi connectivity index (χ4v) is 0.914. The van der Waals surface area contributed by atoms with Crippen molar-refractivity contribution < 1.29 is 4.79 Å². The Morgan fingerprint density at radius 1 is 1.31 bits per heavy atom. The molecule has 0 aromatic carbocycles. The van der Waals surface area contributed by atoms with E-state index in [4.69, 9.17) is 0 Å². The first-order valence-corrected chi connectivity index (χ1v) is 5.38. The monoisotopic (exact) mass is 223 g/mol. The van der Waals surface area contributed by atoms with Gasteiger partial charge in [0.05, 0.1) is 6.54 Å². The van der Waals surface area contributed by atoms with Gasteiger partial charge in [-0.05, 0) is 33.2 Å². The number of allylic oxidation sites excluding steroid dienone is 3. The lowest BCUT2D eigenvalue weighted by Gasteiger charge is -2.05. The minimum atomic E-state index is 0.0112. The summed E-state index contributed by atoms with van der Waals surface area (Å²) in [6.07, 6.45) is 3.80. The number of hydrogen-bond acceptors (Lipinski definition) is 3. The quantitative estimate of drug-likeness (QED) is 0.504. The van der Waals surface area contributed by atoms with Gasteiger partial charge in [0.25, 0.3) is 0 Å². The van der Waals surface area contributed by atoms with Crippen LogP contribution in [0.15, 0.2) is 28.4 Å². The van der Waals surface area contributed by atoms with Gasteiger partial charge in [-0.15, -0.1) is 0 Å². The van der Waals surface area contributed by atoms with Crippen molar-refractivity contribution in [3.05, 3.63) is 23.4 Å². The molecule has 0 fully saturated rings. The van der Waals surface area contributed by atoms with Crippen molar-refractivity contribution in [3.8, 4) is 0 Å². The molecule has 2 N–H and O–H groups in total. The standard InChI is InChI=1S/C12H21N3O/c1-5-14-9-12(16)15-8-10(2)6-7-11(3)13-4/h6-7,14H,4-5,8-9H2,1-3H3,(H,15,16)/b10-6+,11-7-. The summed E-state index contributed by atoms with van der Waals surface area (Å²) in [6.45, 7) is 11.0. The highest BCUT2D eigenvalue weighted by atomic mass is 16.1. The molecule has 16 heavy (non-hydrogen) atoms. The number of amides is 1. The predicted molar refractivity (Wildman–Crippen MR) is 68.6 cm³/mol. The second-order valence-corrected chi connectivity index (χ2v) is 3.54. The molecule has 90 valence electrons. The third-order valence-electron chi connectivity index (χ3n) is 1.96. The molecule has 0 saturated heterocycles. The predicted octanol–water partition coefficient (Wildman–Crippen LogP) is 1.26. The van der Waals surface area contributed by atoms with Crippen LogP contribution in [-0.4, -0.2) is 32.3 Å². The van der Waals surface area contributed by atoms with Gasteiger partial charge in [0.2, 0.25) is 5.91 Å². The summed E-state index contributed by atoms with van der Waals surface area (Å²) in [5.41, 5.74) is 1.94. The highest BCUT2D eigenvalue weighted by Crippen LogP contribution is 1.96. The molecule has 0 radical (unpaired) electrons. The molecular weight excluding hydrogens is 202 g/mol. The second kappa shape index (κ2) is 8.85. The number of nitrogens with one attached hydrogen (secondary N) is 2. The summed E-state index contributed by atoms with van der Waals surface area (Å²) in [4.78, 5) is 15.0. The summed E-state index contributed by atoms with van der Waals surface area (Å²) in [6, 6.07) is 0. The van der Waals surface area contributed by atoms with E-state index in [1.54, 1.807) is 0 Å². The lowest BCUT2D eigenvalue weighted by molar-refractivity contribution is -0.120. The summed E-state index contributed by atoms with van der Waals surface area (Å²) >= 11 is 0. The van der Waals surface area contributed by atoms with Crippen LogP contribution in [0.2, 0.25) is 0 Å². The van der Waals surface area contributed by atoms with Gasteiger partial charge in [-0.3, -0.25) is 9.79 Å². The highest BCUT2D eigenvalue weighted by Gasteiger charge is 1.98. The molecular formula is C12H21N3O. The van der Waals surface area contributed by atoms with Gasteiger partial charge < -0.3 is 10.6 Å². The Morgan fingerprint density at radius 3 is 2.56 bits per heavy atom. The van der Waals surface area contributed by atoms with E-state index in [1.165, 1.54) is 0 Å². The number of aliphatic imine (C=N–C) groups is 1. The number of rotatable bonds is 7. The zero-order chi connectivity index (χ0) is 12.4. The largest absolute Gasteiger partial charge is 0.351 e. The third-order valence-corrected chi connectivity index (χ3v) is 1.96. The average Bonchev–Trinajstić information content (AvgIpc) is 2.30. The zero-order valence-corrected chi connectivity index (χ0v) is 10.3. The molecule has 0 aromatic rings. The molecule has 0 aliphatic carbocycles. The molecule has 4 nitrogen and oxygen atoms in total. The van der Waals surface area contributed by atoms with E-state index < -0.39 is 0 Å². The summed E-state index contributed by atoms with van der Waals surface area (Å²) in [7, 11) is 0. The lowest BCUT2D eigenvalue weighted by atomic mass is 10.2. The van der Waals surface area contributed by atoms with Crippen LogP contribution in [0.5, 0.6) is 0 Å². The van der Waals surface area contributed by atoms with Crippen molar-refractivity contribution in [2.75, 3.05) is 19.6 Å². The van der Waals surface area contributed by atoms with Gasteiger partial charge in [0.15, 0.2) is 0 Å². The molecule has 0 saturated carbocycles. The topological polar surface area (TPSA) is 53.5 Å². The molecule has 1 amide bonds. The number of carbonyl (C=O) groups is 1. The van der Waals surface area contributed by atoms with Crippen LogP contribution < -0.4 is 10.6 Å². The van der Waals surface area contributed by atoms with E-state index in [1.807, 2.05) is 32.9 Å². The van der Waals surface area contributed by atoms with Gasteiger partial charge in [-0.2, -0.15) is 0 Å². The van der Waals surface area contributed by atoms with E-state index >= 15 is 0 Å². The fraction of sp³-hybridized carbons (Fsp3) is 0.500. The number of carbonyl (C=O) groups excluding carboxylic acids is 1. The van der Waals surface area contributed by atoms with Crippen LogP contribution in [-0.2, 0) is 4.79 Å². The van der Waals surface area contributed by atoms with Crippen LogP contribution in [0, 0.1) is 0 Å². The van der Waals surface area contributed by atoms with Crippen molar-refractivity contribution in [2.45, 2.75) is 20.8 Å². The Labute approximate surface area is 97.5 Å². The normalized spacial score (nSPS) is 12.4. The molecule has 0 bridgehead atoms. The molecule has 0 heterocycles. The van der Waals surface area contributed by atoms with Crippen LogP contribution in [0.4, 0.5) is 0 Å². The maximum Gasteiger partial charge on any atom is 0.234 e. The van der Waals surface area contributed by atoms with Crippen molar-refractivity contribution in [1.82, 2.24) is 10.6 Å². The highest BCUT2D eigenvalue weighted by molar-refractivity contribution is 5.78. The first-order chi connectivity index (χ1) is 7.60. The second-order valence-electron chi connectivity index (χ2n) is 3.54. The molecule has 0 unspecified atom stereocenters. The SMILES string of the molecule is C=N/C(C)=C\C=C(/C)CNC(=O)CNCC. The Hall–Kier alpha value is -1.42. The van der Waals surface area contributed by atoms with Crippen molar-refractivity contribution >= 4 is 12.6 Å². The summed E-state index contributed by atoms with van der Waals surface area (Å²) < 4.78 is 0. The summed E-state index contributed by atoms with van der Waals surface area (Å²) in [5.74, 6) is 0.0112. The molecule has 0 aliphatic rings. The first kappa shape index (κ1) is 14.6. The van der Waals surface area contributed by atoms with E-state index in [2.05, 4.69) is 22.3 Å². The number of likely N-dealkylation sites (N-methyl/N-ethyl adjacent to an activating group) is 1. The Kier molecular flexibility index (Phi) is 8.07. The fourth-order valence-electron chi connectivity index (χ4n) is 0.914. The lowest BCUT2D eigenvalue weighted by Crippen LogP contribution is -2.34. The Bertz CT molecular complexity index is 293. The molecule has 4 heteroatoms. The van der Waals surface area contributed by atoms with Gasteiger partial charge in [0, 0.05) is 12.2 Å². The molecule has 0 rings (SSSR count). The Morgan fingerprint density at radius 2 is 2.00 bits per heavy atom. The van der Waals surface area contributed by atoms with Gasteiger partial charge in [0.1, 0.15) is 0 Å². The summed E-state index contributed by atoms with van der Waals surface area (Å²) in [5, 5.41) is 5.78. The molecule has 0 aliphatic heterocycles. The van der Waals surface area contributed by atoms with Crippen LogP contribution in [0.1, 0.15) is 20.8 Å². The third kappa shape index (κ3) is 7.94. The smallest absolute Gasteiger partial charge is 0.234 e. The van der Waals surface area contributed by atoms with Crippen LogP contribution >= 0.6 is 0 Å². The van der Waals surface area contributed by atoms with Crippen LogP contribution in [0.3, 0.4) is 0 Å². The molecule has 0 aromatic heterocycles. The zero-order valence-electron chi connectivity index (χ0n) is 10.3. The van der Waals surface area contributed by atoms with Crippen molar-refractivity contribution in [3.63, 3.8) is 0 Å². The maximum absolute atomic E-state index is 11.3. The molecule has 0 atom stereocenters. The van der Waals surface area contributed by atoms with Crippen molar-refractivity contribution in [1.29, 1.82) is 0 Å². The Balaban J connectivity index is 3.92. The van der Waals surface area contributed by atoms with Gasteiger partial charge in [-0.25, -0.2) is 0 Å². The minimum absolute atomic E-state index is 0.0112. The number of hydrogen-bond donors (Lipinski definition) is 2. The maximum atomic E-state index is 11.3. The van der Waals surface area contributed by atoms with Gasteiger partial charge in [-0.1, -0.05) is 18.6 Å². The minimum Gasteiger partial charge on any atom is -0.351 e. The van der Waals surface area contributed by atoms with E-state index in [0.29, 0.717) is 13.1 Å². The van der Waals surface area contributed by atoms with Crippen LogP contribution in [0.25, 0.3) is 0 Å². The van der Waals surface area contributed by atoms with E-state index in [0.717, 1.165) is 17.8 Å². The molecule has 0 spiro atoms. The number of nitrogens with zero attached hydrogens (tertiary/aromatic N) is 1.